The zero-order valence-electron chi connectivity index (χ0n) is 20.1. The Morgan fingerprint density at radius 1 is 1.00 bits per heavy atom. The number of para-hydroxylation sites is 2. The van der Waals surface area contributed by atoms with Gasteiger partial charge in [0.2, 0.25) is 11.7 Å². The minimum absolute atomic E-state index is 0.0338. The molecule has 3 aromatic carbocycles. The maximum atomic E-state index is 13.4. The standard InChI is InChI=1S/C28H25N5O2S/c1-18-11-13-20(14-12-18)16-31-26(35)22-8-4-6-10-24(22)33-27(31)29-30-28(33)36-17-25(34)32-19(2)15-21-7-3-5-9-23(21)32/h3-14,19H,15-17H2,1-2H3. The lowest BCUT2D eigenvalue weighted by Gasteiger charge is -2.22. The molecule has 180 valence electrons. The molecule has 0 N–H and O–H groups in total. The molecule has 2 aromatic heterocycles. The van der Waals surface area contributed by atoms with E-state index in [9.17, 15) is 9.59 Å². The molecule has 1 amide bonds. The van der Waals surface area contributed by atoms with Gasteiger partial charge in [0.05, 0.1) is 23.2 Å². The van der Waals surface area contributed by atoms with Gasteiger partial charge in [0.1, 0.15) is 0 Å². The van der Waals surface area contributed by atoms with Crippen LogP contribution in [0.5, 0.6) is 0 Å². The van der Waals surface area contributed by atoms with Gasteiger partial charge in [-0.2, -0.15) is 0 Å². The second kappa shape index (κ2) is 8.95. The first kappa shape index (κ1) is 22.5. The maximum Gasteiger partial charge on any atom is 0.263 e. The first-order chi connectivity index (χ1) is 17.5. The number of anilines is 1. The van der Waals surface area contributed by atoms with Crippen LogP contribution in [0.25, 0.3) is 16.7 Å². The Hall–Kier alpha value is -3.91. The van der Waals surface area contributed by atoms with E-state index in [1.807, 2.05) is 83.0 Å². The molecular formula is C28H25N5O2S. The van der Waals surface area contributed by atoms with Crippen LogP contribution >= 0.6 is 11.8 Å². The van der Waals surface area contributed by atoms with Crippen molar-refractivity contribution in [3.8, 4) is 0 Å². The molecule has 0 saturated heterocycles. The van der Waals surface area contributed by atoms with Crippen LogP contribution in [-0.2, 0) is 17.8 Å². The molecule has 7 nitrogen and oxygen atoms in total. The number of fused-ring (bicyclic) bond motifs is 4. The zero-order valence-corrected chi connectivity index (χ0v) is 20.9. The molecule has 0 spiro atoms. The summed E-state index contributed by atoms with van der Waals surface area (Å²) >= 11 is 1.35. The molecule has 0 radical (unpaired) electrons. The number of carbonyl (C=O) groups excluding carboxylic acids is 1. The molecule has 1 aliphatic rings. The number of rotatable bonds is 5. The lowest BCUT2D eigenvalue weighted by atomic mass is 10.1. The molecule has 1 atom stereocenters. The van der Waals surface area contributed by atoms with Crippen molar-refractivity contribution in [3.05, 3.63) is 99.8 Å². The summed E-state index contributed by atoms with van der Waals surface area (Å²) in [7, 11) is 0. The summed E-state index contributed by atoms with van der Waals surface area (Å²) in [5.74, 6) is 0.728. The second-order valence-electron chi connectivity index (χ2n) is 9.25. The van der Waals surface area contributed by atoms with Gasteiger partial charge in [-0.3, -0.25) is 18.6 Å². The number of nitrogens with zero attached hydrogens (tertiary/aromatic N) is 5. The third-order valence-electron chi connectivity index (χ3n) is 6.74. The van der Waals surface area contributed by atoms with Crippen LogP contribution in [0.2, 0.25) is 0 Å². The molecule has 0 aliphatic carbocycles. The van der Waals surface area contributed by atoms with Gasteiger partial charge >= 0.3 is 0 Å². The Labute approximate surface area is 212 Å². The van der Waals surface area contributed by atoms with Gasteiger partial charge in [-0.15, -0.1) is 10.2 Å². The molecular weight excluding hydrogens is 470 g/mol. The first-order valence-electron chi connectivity index (χ1n) is 12.0. The number of hydrogen-bond donors (Lipinski definition) is 0. The van der Waals surface area contributed by atoms with Crippen molar-refractivity contribution in [3.63, 3.8) is 0 Å². The lowest BCUT2D eigenvalue weighted by molar-refractivity contribution is -0.116. The fourth-order valence-corrected chi connectivity index (χ4v) is 5.79. The van der Waals surface area contributed by atoms with Crippen molar-refractivity contribution < 1.29 is 4.79 Å². The third kappa shape index (κ3) is 3.78. The number of aryl methyl sites for hydroxylation is 1. The summed E-state index contributed by atoms with van der Waals surface area (Å²) in [6.45, 7) is 4.50. The Kier molecular flexibility index (Phi) is 5.60. The summed E-state index contributed by atoms with van der Waals surface area (Å²) in [6.07, 6.45) is 0.858. The monoisotopic (exact) mass is 495 g/mol. The molecule has 3 heterocycles. The molecule has 0 fully saturated rings. The Bertz CT molecular complexity index is 1670. The van der Waals surface area contributed by atoms with Crippen LogP contribution in [0.3, 0.4) is 0 Å². The van der Waals surface area contributed by atoms with Crippen molar-refractivity contribution in [1.29, 1.82) is 0 Å². The molecule has 1 aliphatic heterocycles. The molecule has 5 aromatic rings. The van der Waals surface area contributed by atoms with E-state index in [0.717, 1.165) is 28.8 Å². The van der Waals surface area contributed by atoms with Crippen LogP contribution in [0, 0.1) is 6.92 Å². The van der Waals surface area contributed by atoms with E-state index >= 15 is 0 Å². The van der Waals surface area contributed by atoms with Gasteiger partial charge in [-0.05, 0) is 49.6 Å². The summed E-state index contributed by atoms with van der Waals surface area (Å²) < 4.78 is 3.55. The molecule has 6 rings (SSSR count). The minimum Gasteiger partial charge on any atom is -0.308 e. The van der Waals surface area contributed by atoms with E-state index in [2.05, 4.69) is 23.2 Å². The van der Waals surface area contributed by atoms with Crippen LogP contribution in [-0.4, -0.2) is 36.9 Å². The molecule has 36 heavy (non-hydrogen) atoms. The average Bonchev–Trinajstić information content (AvgIpc) is 3.46. The molecule has 0 saturated carbocycles. The smallest absolute Gasteiger partial charge is 0.263 e. The summed E-state index contributed by atoms with van der Waals surface area (Å²) in [4.78, 5) is 28.6. The zero-order chi connectivity index (χ0) is 24.8. The molecule has 1 unspecified atom stereocenters. The number of hydrogen-bond acceptors (Lipinski definition) is 5. The fraction of sp³-hybridized carbons (Fsp3) is 0.214. The first-order valence-corrected chi connectivity index (χ1v) is 12.9. The van der Waals surface area contributed by atoms with E-state index in [0.29, 0.717) is 22.9 Å². The topological polar surface area (TPSA) is 72.5 Å². The van der Waals surface area contributed by atoms with Crippen LogP contribution in [0.4, 0.5) is 5.69 Å². The predicted molar refractivity (Wildman–Crippen MR) is 143 cm³/mol. The number of amides is 1. The van der Waals surface area contributed by atoms with Crippen molar-refractivity contribution in [2.75, 3.05) is 10.7 Å². The van der Waals surface area contributed by atoms with Gasteiger partial charge in [0.25, 0.3) is 5.56 Å². The van der Waals surface area contributed by atoms with Gasteiger partial charge in [-0.1, -0.05) is 71.9 Å². The number of aromatic nitrogens is 4. The quantitative estimate of drug-likeness (QED) is 0.337. The highest BCUT2D eigenvalue weighted by molar-refractivity contribution is 7.99. The highest BCUT2D eigenvalue weighted by Gasteiger charge is 2.30. The van der Waals surface area contributed by atoms with Crippen molar-refractivity contribution in [2.45, 2.75) is 38.0 Å². The number of benzene rings is 3. The Morgan fingerprint density at radius 2 is 1.75 bits per heavy atom. The SMILES string of the molecule is Cc1ccc(Cn2c(=O)c3ccccc3n3c(SCC(=O)N4c5ccccc5CC4C)nnc23)cc1. The van der Waals surface area contributed by atoms with Crippen molar-refractivity contribution in [1.82, 2.24) is 19.2 Å². The predicted octanol–water partition coefficient (Wildman–Crippen LogP) is 4.47. The molecule has 8 heteroatoms. The van der Waals surface area contributed by atoms with Crippen LogP contribution < -0.4 is 10.5 Å². The Balaban J connectivity index is 1.37. The van der Waals surface area contributed by atoms with E-state index in [-0.39, 0.29) is 23.3 Å². The van der Waals surface area contributed by atoms with E-state index in [4.69, 9.17) is 0 Å². The Morgan fingerprint density at radius 3 is 2.58 bits per heavy atom. The normalized spacial score (nSPS) is 15.1. The summed E-state index contributed by atoms with van der Waals surface area (Å²) in [5, 5.41) is 9.99. The maximum absolute atomic E-state index is 13.4. The lowest BCUT2D eigenvalue weighted by Crippen LogP contribution is -2.37. The van der Waals surface area contributed by atoms with E-state index in [1.165, 1.54) is 17.3 Å². The van der Waals surface area contributed by atoms with Crippen molar-refractivity contribution >= 4 is 40.0 Å². The van der Waals surface area contributed by atoms with Gasteiger partial charge < -0.3 is 4.90 Å². The number of thioether (sulfide) groups is 1. The highest BCUT2D eigenvalue weighted by atomic mass is 32.2. The molecule has 0 bridgehead atoms. The van der Waals surface area contributed by atoms with Gasteiger partial charge in [0.15, 0.2) is 5.16 Å². The van der Waals surface area contributed by atoms with Crippen LogP contribution in [0.15, 0.2) is 82.7 Å². The summed E-state index contributed by atoms with van der Waals surface area (Å²) in [5.41, 5.74) is 4.98. The highest BCUT2D eigenvalue weighted by Crippen LogP contribution is 2.33. The van der Waals surface area contributed by atoms with Crippen LogP contribution in [0.1, 0.15) is 23.6 Å². The third-order valence-corrected chi connectivity index (χ3v) is 7.65. The summed E-state index contributed by atoms with van der Waals surface area (Å²) in [6, 6.07) is 23.8. The fourth-order valence-electron chi connectivity index (χ4n) is 4.99. The van der Waals surface area contributed by atoms with E-state index in [1.54, 1.807) is 4.57 Å². The van der Waals surface area contributed by atoms with Crippen molar-refractivity contribution in [2.24, 2.45) is 0 Å². The van der Waals surface area contributed by atoms with Gasteiger partial charge in [0, 0.05) is 11.7 Å². The number of carbonyl (C=O) groups is 1. The second-order valence-corrected chi connectivity index (χ2v) is 10.2. The minimum atomic E-state index is -0.110. The largest absolute Gasteiger partial charge is 0.308 e. The van der Waals surface area contributed by atoms with E-state index < -0.39 is 0 Å². The average molecular weight is 496 g/mol. The van der Waals surface area contributed by atoms with Gasteiger partial charge in [-0.25, -0.2) is 0 Å².